The molecule has 21 heavy (non-hydrogen) atoms. The smallest absolute Gasteiger partial charge is 0.227 e. The van der Waals surface area contributed by atoms with E-state index in [1.54, 1.807) is 11.3 Å². The first-order valence-corrected chi connectivity index (χ1v) is 7.79. The number of halogens is 1. The number of rotatable bonds is 4. The van der Waals surface area contributed by atoms with Crippen molar-refractivity contribution in [2.24, 2.45) is 0 Å². The van der Waals surface area contributed by atoms with Crippen LogP contribution in [0.3, 0.4) is 0 Å². The van der Waals surface area contributed by atoms with Gasteiger partial charge in [-0.05, 0) is 18.6 Å². The summed E-state index contributed by atoms with van der Waals surface area (Å²) in [6.07, 6.45) is 0.949. The highest BCUT2D eigenvalue weighted by atomic mass is 35.5. The van der Waals surface area contributed by atoms with Crippen LogP contribution in [0.5, 0.6) is 5.88 Å². The maximum Gasteiger partial charge on any atom is 0.227 e. The van der Waals surface area contributed by atoms with E-state index in [0.29, 0.717) is 17.5 Å². The average molecular weight is 320 g/mol. The van der Waals surface area contributed by atoms with E-state index >= 15 is 0 Å². The second-order valence-corrected chi connectivity index (χ2v) is 6.07. The number of nitrogens with zero attached hydrogens (tertiary/aromatic N) is 2. The van der Waals surface area contributed by atoms with Gasteiger partial charge in [-0.2, -0.15) is 4.98 Å². The molecule has 0 unspecified atom stereocenters. The number of fused-ring (bicyclic) bond motifs is 1. The monoisotopic (exact) mass is 319 g/mol. The van der Waals surface area contributed by atoms with Crippen molar-refractivity contribution in [1.29, 1.82) is 0 Å². The predicted octanol–water partition coefficient (Wildman–Crippen LogP) is 4.07. The Morgan fingerprint density at radius 3 is 2.86 bits per heavy atom. The number of benzene rings is 1. The molecule has 0 fully saturated rings. The maximum absolute atomic E-state index is 6.13. The van der Waals surface area contributed by atoms with Crippen molar-refractivity contribution in [2.75, 3.05) is 5.73 Å². The van der Waals surface area contributed by atoms with E-state index in [-0.39, 0.29) is 5.95 Å². The van der Waals surface area contributed by atoms with Crippen LogP contribution in [0, 0.1) is 0 Å². The first-order chi connectivity index (χ1) is 10.2. The van der Waals surface area contributed by atoms with Crippen LogP contribution in [0.4, 0.5) is 5.95 Å². The van der Waals surface area contributed by atoms with Crippen molar-refractivity contribution in [3.63, 3.8) is 0 Å². The normalized spacial score (nSPS) is 11.0. The van der Waals surface area contributed by atoms with Crippen molar-refractivity contribution in [2.45, 2.75) is 20.0 Å². The lowest BCUT2D eigenvalue weighted by atomic mass is 10.2. The average Bonchev–Trinajstić information content (AvgIpc) is 2.89. The van der Waals surface area contributed by atoms with Crippen LogP contribution in [0.15, 0.2) is 30.3 Å². The zero-order valence-electron chi connectivity index (χ0n) is 11.5. The molecule has 0 aliphatic heterocycles. The highest BCUT2D eigenvalue weighted by Crippen LogP contribution is 2.31. The van der Waals surface area contributed by atoms with Gasteiger partial charge in [0.05, 0.1) is 5.39 Å². The van der Waals surface area contributed by atoms with Crippen LogP contribution in [0.25, 0.3) is 10.2 Å². The highest BCUT2D eigenvalue weighted by Gasteiger charge is 2.12. The largest absolute Gasteiger partial charge is 0.472 e. The van der Waals surface area contributed by atoms with Crippen LogP contribution in [0.2, 0.25) is 5.02 Å². The summed E-state index contributed by atoms with van der Waals surface area (Å²) >= 11 is 7.74. The van der Waals surface area contributed by atoms with Crippen LogP contribution in [0.1, 0.15) is 17.4 Å². The van der Waals surface area contributed by atoms with E-state index in [2.05, 4.69) is 23.0 Å². The molecule has 6 heteroatoms. The van der Waals surface area contributed by atoms with Gasteiger partial charge in [-0.25, -0.2) is 4.98 Å². The van der Waals surface area contributed by atoms with Crippen LogP contribution in [-0.4, -0.2) is 9.97 Å². The molecule has 108 valence electrons. The van der Waals surface area contributed by atoms with E-state index in [1.165, 1.54) is 4.88 Å². The van der Waals surface area contributed by atoms with E-state index in [4.69, 9.17) is 22.1 Å². The van der Waals surface area contributed by atoms with Crippen LogP contribution < -0.4 is 10.5 Å². The summed E-state index contributed by atoms with van der Waals surface area (Å²) in [5.41, 5.74) is 6.67. The van der Waals surface area contributed by atoms with Gasteiger partial charge < -0.3 is 10.5 Å². The molecule has 1 aromatic carbocycles. The molecule has 0 bridgehead atoms. The quantitative estimate of drug-likeness (QED) is 0.787. The standard InChI is InChI=1S/C15H14ClN3OS/c1-2-10-7-11-13(18-15(17)19-14(11)21-10)20-8-9-5-3-4-6-12(9)16/h3-7H,2,8H2,1H3,(H2,17,18,19). The third-order valence-electron chi connectivity index (χ3n) is 3.10. The van der Waals surface area contributed by atoms with Gasteiger partial charge in [-0.3, -0.25) is 0 Å². The molecular weight excluding hydrogens is 306 g/mol. The Balaban J connectivity index is 1.93. The Labute approximate surface area is 131 Å². The van der Waals surface area contributed by atoms with E-state index in [9.17, 15) is 0 Å². The summed E-state index contributed by atoms with van der Waals surface area (Å²) in [6, 6.07) is 9.63. The molecule has 0 radical (unpaired) electrons. The zero-order valence-corrected chi connectivity index (χ0v) is 13.0. The second-order valence-electron chi connectivity index (χ2n) is 4.55. The third kappa shape index (κ3) is 2.94. The molecule has 3 aromatic rings. The van der Waals surface area contributed by atoms with Crippen molar-refractivity contribution >= 4 is 39.1 Å². The number of thiophene rings is 1. The Bertz CT molecular complexity index is 788. The molecule has 4 nitrogen and oxygen atoms in total. The van der Waals surface area contributed by atoms with Gasteiger partial charge in [-0.1, -0.05) is 36.7 Å². The number of hydrogen-bond donors (Lipinski definition) is 1. The van der Waals surface area contributed by atoms with Crippen molar-refractivity contribution < 1.29 is 4.74 Å². The van der Waals surface area contributed by atoms with Gasteiger partial charge in [0.1, 0.15) is 11.4 Å². The molecule has 0 saturated heterocycles. The summed E-state index contributed by atoms with van der Waals surface area (Å²) in [5, 5.41) is 1.58. The molecule has 0 amide bonds. The molecule has 0 aliphatic rings. The number of aromatic nitrogens is 2. The SMILES string of the molecule is CCc1cc2c(OCc3ccccc3Cl)nc(N)nc2s1. The Kier molecular flexibility index (Phi) is 3.94. The van der Waals surface area contributed by atoms with Gasteiger partial charge in [0.25, 0.3) is 0 Å². The van der Waals surface area contributed by atoms with Crippen LogP contribution >= 0.6 is 22.9 Å². The Morgan fingerprint density at radius 2 is 2.10 bits per heavy atom. The van der Waals surface area contributed by atoms with Crippen molar-refractivity contribution in [3.8, 4) is 5.88 Å². The van der Waals surface area contributed by atoms with E-state index in [1.807, 2.05) is 24.3 Å². The first-order valence-electron chi connectivity index (χ1n) is 6.59. The van der Waals surface area contributed by atoms with Crippen molar-refractivity contribution in [3.05, 3.63) is 45.8 Å². The number of nitrogens with two attached hydrogens (primary N) is 1. The zero-order chi connectivity index (χ0) is 14.8. The van der Waals surface area contributed by atoms with E-state index < -0.39 is 0 Å². The summed E-state index contributed by atoms with van der Waals surface area (Å²) in [6.45, 7) is 2.45. The molecule has 2 heterocycles. The number of hydrogen-bond acceptors (Lipinski definition) is 5. The molecule has 0 spiro atoms. The van der Waals surface area contributed by atoms with E-state index in [0.717, 1.165) is 22.2 Å². The van der Waals surface area contributed by atoms with Crippen LogP contribution in [-0.2, 0) is 13.0 Å². The number of ether oxygens (including phenoxy) is 1. The van der Waals surface area contributed by atoms with Gasteiger partial charge in [0, 0.05) is 15.5 Å². The minimum absolute atomic E-state index is 0.223. The molecule has 2 aromatic heterocycles. The van der Waals surface area contributed by atoms with Crippen molar-refractivity contribution in [1.82, 2.24) is 9.97 Å². The van der Waals surface area contributed by atoms with Gasteiger partial charge >= 0.3 is 0 Å². The van der Waals surface area contributed by atoms with Gasteiger partial charge in [0.2, 0.25) is 11.8 Å². The summed E-state index contributed by atoms with van der Waals surface area (Å²) < 4.78 is 5.82. The minimum atomic E-state index is 0.223. The fourth-order valence-electron chi connectivity index (χ4n) is 2.01. The fourth-order valence-corrected chi connectivity index (χ4v) is 3.16. The Morgan fingerprint density at radius 1 is 1.29 bits per heavy atom. The highest BCUT2D eigenvalue weighted by molar-refractivity contribution is 7.18. The Hall–Kier alpha value is -1.85. The predicted molar refractivity (Wildman–Crippen MR) is 87.0 cm³/mol. The van der Waals surface area contributed by atoms with Gasteiger partial charge in [0.15, 0.2) is 0 Å². The number of aryl methyl sites for hydroxylation is 1. The van der Waals surface area contributed by atoms with Gasteiger partial charge in [-0.15, -0.1) is 11.3 Å². The number of anilines is 1. The lowest BCUT2D eigenvalue weighted by Gasteiger charge is -2.08. The second kappa shape index (κ2) is 5.87. The lowest BCUT2D eigenvalue weighted by molar-refractivity contribution is 0.298. The molecular formula is C15H14ClN3OS. The lowest BCUT2D eigenvalue weighted by Crippen LogP contribution is -2.01. The summed E-state index contributed by atoms with van der Waals surface area (Å²) in [4.78, 5) is 10.5. The molecule has 2 N–H and O–H groups in total. The molecule has 3 rings (SSSR count). The summed E-state index contributed by atoms with van der Waals surface area (Å²) in [7, 11) is 0. The molecule has 0 saturated carbocycles. The fraction of sp³-hybridized carbons (Fsp3) is 0.200. The molecule has 0 aliphatic carbocycles. The number of nitrogen functional groups attached to an aromatic ring is 1. The topological polar surface area (TPSA) is 61.0 Å². The maximum atomic E-state index is 6.13. The third-order valence-corrected chi connectivity index (χ3v) is 4.64. The summed E-state index contributed by atoms with van der Waals surface area (Å²) in [5.74, 6) is 0.731. The minimum Gasteiger partial charge on any atom is -0.472 e. The first kappa shape index (κ1) is 14.1. The molecule has 0 atom stereocenters.